The molecule has 0 aliphatic carbocycles. The Kier molecular flexibility index (Phi) is 2.10. The average Bonchev–Trinajstić information content (AvgIpc) is 2.28. The van der Waals surface area contributed by atoms with Gasteiger partial charge in [0.25, 0.3) is 5.56 Å². The van der Waals surface area contributed by atoms with E-state index in [0.29, 0.717) is 11.4 Å². The molecule has 2 aromatic rings. The summed E-state index contributed by atoms with van der Waals surface area (Å²) in [6, 6.07) is 0. The van der Waals surface area contributed by atoms with Gasteiger partial charge in [-0.3, -0.25) is 14.6 Å². The molecular weight excluding hydrogens is 200 g/mol. The zero-order valence-corrected chi connectivity index (χ0v) is 7.41. The molecule has 2 heterocycles. The number of nitrogens with one attached hydrogen (secondary N) is 1. The predicted molar refractivity (Wildman–Crippen MR) is 50.7 cm³/mol. The second-order valence-corrected chi connectivity index (χ2v) is 2.63. The molecule has 0 bridgehead atoms. The lowest BCUT2D eigenvalue weighted by molar-refractivity contribution is -0.107. The first-order valence-electron chi connectivity index (χ1n) is 3.92. The maximum absolute atomic E-state index is 11.4. The van der Waals surface area contributed by atoms with E-state index in [2.05, 4.69) is 19.9 Å². The highest BCUT2D eigenvalue weighted by Crippen LogP contribution is 2.02. The van der Waals surface area contributed by atoms with Crippen molar-refractivity contribution in [2.45, 2.75) is 0 Å². The number of carbonyl (C=O) groups is 1. The van der Waals surface area contributed by atoms with Gasteiger partial charge in [-0.15, -0.1) is 0 Å². The van der Waals surface area contributed by atoms with E-state index in [1.54, 1.807) is 0 Å². The summed E-state index contributed by atoms with van der Waals surface area (Å²) in [6.45, 7) is 0. The number of rotatable bonds is 2. The van der Waals surface area contributed by atoms with Crippen LogP contribution in [0.2, 0.25) is 0 Å². The lowest BCUT2D eigenvalue weighted by Crippen LogP contribution is -2.32. The number of hydrogen-bond acceptors (Lipinski definition) is 6. The monoisotopic (exact) mass is 206 g/mol. The molecule has 0 fully saturated rings. The van der Waals surface area contributed by atoms with E-state index < -0.39 is 5.56 Å². The molecule has 0 saturated carbocycles. The summed E-state index contributed by atoms with van der Waals surface area (Å²) in [6.07, 6.45) is 3.08. The van der Waals surface area contributed by atoms with Crippen molar-refractivity contribution in [1.82, 2.24) is 19.9 Å². The summed E-state index contributed by atoms with van der Waals surface area (Å²) < 4.78 is 0. The standard InChI is InChI=1S/C7H6N6O2/c8-13(3-14)7-11-5-4(6(15)12-7)9-1-2-10-5/h1-3H,8H2,(H,10,11,12,15). The van der Waals surface area contributed by atoms with E-state index in [0.717, 1.165) is 0 Å². The van der Waals surface area contributed by atoms with Crippen LogP contribution in [-0.4, -0.2) is 26.3 Å². The number of H-pyrrole nitrogens is 1. The Bertz CT molecular complexity index is 565. The van der Waals surface area contributed by atoms with Gasteiger partial charge in [0.2, 0.25) is 12.4 Å². The summed E-state index contributed by atoms with van der Waals surface area (Å²) in [5, 5.41) is 0.648. The van der Waals surface area contributed by atoms with E-state index in [1.165, 1.54) is 12.4 Å². The van der Waals surface area contributed by atoms with Crippen LogP contribution in [0.4, 0.5) is 5.95 Å². The van der Waals surface area contributed by atoms with Crippen LogP contribution >= 0.6 is 0 Å². The van der Waals surface area contributed by atoms with Crippen molar-refractivity contribution in [2.75, 3.05) is 5.01 Å². The normalized spacial score (nSPS) is 10.2. The number of hydrogen-bond donors (Lipinski definition) is 2. The van der Waals surface area contributed by atoms with Crippen LogP contribution in [0, 0.1) is 0 Å². The Balaban J connectivity index is 2.73. The minimum Gasteiger partial charge on any atom is -0.289 e. The fourth-order valence-corrected chi connectivity index (χ4v) is 1.03. The average molecular weight is 206 g/mol. The highest BCUT2D eigenvalue weighted by Gasteiger charge is 2.08. The Morgan fingerprint density at radius 3 is 2.87 bits per heavy atom. The highest BCUT2D eigenvalue weighted by molar-refractivity contribution is 5.74. The largest absolute Gasteiger partial charge is 0.289 e. The van der Waals surface area contributed by atoms with Crippen molar-refractivity contribution < 1.29 is 4.79 Å². The number of nitrogens with zero attached hydrogens (tertiary/aromatic N) is 4. The predicted octanol–water partition coefficient (Wildman–Crippen LogP) is -1.45. The summed E-state index contributed by atoms with van der Waals surface area (Å²) in [5.74, 6) is 5.16. The van der Waals surface area contributed by atoms with Gasteiger partial charge < -0.3 is 0 Å². The van der Waals surface area contributed by atoms with Crippen LogP contribution in [0.1, 0.15) is 0 Å². The summed E-state index contributed by atoms with van der Waals surface area (Å²) in [5.41, 5.74) is -0.269. The van der Waals surface area contributed by atoms with Crippen LogP contribution in [0.5, 0.6) is 0 Å². The maximum atomic E-state index is 11.4. The summed E-state index contributed by atoms with van der Waals surface area (Å²) in [7, 11) is 0. The Morgan fingerprint density at radius 2 is 2.13 bits per heavy atom. The quantitative estimate of drug-likeness (QED) is 0.268. The first kappa shape index (κ1) is 9.21. The number of aromatic nitrogens is 4. The first-order chi connectivity index (χ1) is 7.22. The van der Waals surface area contributed by atoms with Gasteiger partial charge in [0.15, 0.2) is 11.2 Å². The van der Waals surface area contributed by atoms with Crippen molar-refractivity contribution in [3.63, 3.8) is 0 Å². The molecule has 0 atom stereocenters. The molecule has 0 spiro atoms. The number of carbonyl (C=O) groups excluding carboxylic acids is 1. The van der Waals surface area contributed by atoms with Crippen LogP contribution < -0.4 is 16.4 Å². The molecule has 0 aromatic carbocycles. The Hall–Kier alpha value is -2.35. The SMILES string of the molecule is NN(C=O)c1nc2nccnc2c(=O)[nH]1. The molecule has 8 heteroatoms. The molecule has 8 nitrogen and oxygen atoms in total. The second kappa shape index (κ2) is 3.42. The van der Waals surface area contributed by atoms with Gasteiger partial charge in [0.05, 0.1) is 0 Å². The fourth-order valence-electron chi connectivity index (χ4n) is 1.03. The Morgan fingerprint density at radius 1 is 1.40 bits per heavy atom. The van der Waals surface area contributed by atoms with E-state index in [9.17, 15) is 9.59 Å². The van der Waals surface area contributed by atoms with Crippen molar-refractivity contribution in [3.8, 4) is 0 Å². The number of hydrazine groups is 1. The third-order valence-electron chi connectivity index (χ3n) is 1.69. The van der Waals surface area contributed by atoms with Crippen molar-refractivity contribution in [3.05, 3.63) is 22.7 Å². The third-order valence-corrected chi connectivity index (χ3v) is 1.69. The molecule has 76 valence electrons. The lowest BCUT2D eigenvalue weighted by Gasteiger charge is -2.07. The molecule has 15 heavy (non-hydrogen) atoms. The highest BCUT2D eigenvalue weighted by atomic mass is 16.1. The summed E-state index contributed by atoms with van der Waals surface area (Å²) in [4.78, 5) is 35.5. The number of anilines is 1. The number of aromatic amines is 1. The molecule has 2 aromatic heterocycles. The van der Waals surface area contributed by atoms with Gasteiger partial charge in [-0.2, -0.15) is 4.98 Å². The van der Waals surface area contributed by atoms with E-state index in [4.69, 9.17) is 5.84 Å². The van der Waals surface area contributed by atoms with Crippen LogP contribution in [0.3, 0.4) is 0 Å². The van der Waals surface area contributed by atoms with Crippen molar-refractivity contribution >= 4 is 23.5 Å². The molecule has 1 amide bonds. The molecule has 2 rings (SSSR count). The molecule has 0 aliphatic rings. The van der Waals surface area contributed by atoms with Gasteiger partial charge >= 0.3 is 0 Å². The van der Waals surface area contributed by atoms with Gasteiger partial charge in [-0.1, -0.05) is 0 Å². The van der Waals surface area contributed by atoms with Crippen molar-refractivity contribution in [2.24, 2.45) is 5.84 Å². The topological polar surface area (TPSA) is 118 Å². The minimum absolute atomic E-state index is 0.0806. The Labute approximate surface area is 82.7 Å². The van der Waals surface area contributed by atoms with Crippen molar-refractivity contribution in [1.29, 1.82) is 0 Å². The molecule has 0 radical (unpaired) electrons. The zero-order chi connectivity index (χ0) is 10.8. The van der Waals surface area contributed by atoms with Crippen LogP contribution in [-0.2, 0) is 4.79 Å². The van der Waals surface area contributed by atoms with Gasteiger partial charge in [-0.05, 0) is 0 Å². The van der Waals surface area contributed by atoms with E-state index in [-0.39, 0.29) is 17.1 Å². The number of fused-ring (bicyclic) bond motifs is 1. The second-order valence-electron chi connectivity index (χ2n) is 2.63. The molecule has 0 unspecified atom stereocenters. The summed E-state index contributed by atoms with van der Waals surface area (Å²) >= 11 is 0. The molecule has 3 N–H and O–H groups in total. The molecular formula is C7H6N6O2. The molecule has 0 saturated heterocycles. The van der Waals surface area contributed by atoms with E-state index >= 15 is 0 Å². The number of amides is 1. The van der Waals surface area contributed by atoms with Crippen LogP contribution in [0.15, 0.2) is 17.2 Å². The smallest absolute Gasteiger partial charge is 0.280 e. The minimum atomic E-state index is -0.500. The zero-order valence-electron chi connectivity index (χ0n) is 7.41. The van der Waals surface area contributed by atoms with Gasteiger partial charge in [0.1, 0.15) is 0 Å². The first-order valence-corrected chi connectivity index (χ1v) is 3.92. The fraction of sp³-hybridized carbons (Fsp3) is 0. The van der Waals surface area contributed by atoms with E-state index in [1.807, 2.05) is 0 Å². The van der Waals surface area contributed by atoms with Gasteiger partial charge in [-0.25, -0.2) is 20.8 Å². The molecule has 0 aliphatic heterocycles. The number of nitrogens with two attached hydrogens (primary N) is 1. The maximum Gasteiger partial charge on any atom is 0.280 e. The van der Waals surface area contributed by atoms with Gasteiger partial charge in [0, 0.05) is 12.4 Å². The van der Waals surface area contributed by atoms with Crippen LogP contribution in [0.25, 0.3) is 11.2 Å². The third kappa shape index (κ3) is 1.53. The lowest BCUT2D eigenvalue weighted by atomic mass is 10.5.